The van der Waals surface area contributed by atoms with E-state index in [0.29, 0.717) is 29.3 Å². The van der Waals surface area contributed by atoms with Crippen molar-refractivity contribution in [3.05, 3.63) is 29.3 Å². The maximum absolute atomic E-state index is 12.3. The molecule has 1 aromatic rings. The number of carbonyl (C=O) groups excluding carboxylic acids is 1. The quantitative estimate of drug-likeness (QED) is 0.716. The van der Waals surface area contributed by atoms with Crippen LogP contribution in [0.5, 0.6) is 5.75 Å². The molecule has 4 heteroatoms. The number of fused-ring (bicyclic) bond motifs is 5. The average molecular weight is 313 g/mol. The number of Topliss-reactive ketones (excluding diaryl/α,β-unsaturated/α-hetero) is 1. The normalized spacial score (nSPS) is 34.3. The van der Waals surface area contributed by atoms with E-state index in [-0.39, 0.29) is 5.41 Å². The second-order valence-electron chi connectivity index (χ2n) is 7.32. The zero-order valence-electron chi connectivity index (χ0n) is 13.5. The summed E-state index contributed by atoms with van der Waals surface area (Å²) in [6, 6.07) is 5.90. The molecule has 1 aromatic carbocycles. The molecule has 3 aliphatic carbocycles. The number of benzene rings is 1. The Morgan fingerprint density at radius 2 is 2.00 bits per heavy atom. The third-order valence-corrected chi connectivity index (χ3v) is 6.42. The lowest BCUT2D eigenvalue weighted by Gasteiger charge is -2.48. The highest BCUT2D eigenvalue weighted by Gasteiger charge is 2.54. The summed E-state index contributed by atoms with van der Waals surface area (Å²) < 4.78 is 0. The van der Waals surface area contributed by atoms with E-state index in [0.717, 1.165) is 38.4 Å². The van der Waals surface area contributed by atoms with Crippen LogP contribution in [0.3, 0.4) is 0 Å². The number of aromatic hydroxyl groups is 1. The van der Waals surface area contributed by atoms with E-state index in [9.17, 15) is 9.90 Å². The third-order valence-electron chi connectivity index (χ3n) is 6.42. The Kier molecular flexibility index (Phi) is 4.06. The van der Waals surface area contributed by atoms with Crippen molar-refractivity contribution >= 4 is 5.78 Å². The first kappa shape index (κ1) is 15.9. The number of hydrogen-bond acceptors (Lipinski definition) is 4. The first-order valence-electron chi connectivity index (χ1n) is 8.39. The van der Waals surface area contributed by atoms with E-state index in [4.69, 9.17) is 10.4 Å². The van der Waals surface area contributed by atoms with Gasteiger partial charge in [0.25, 0.3) is 6.26 Å². The molecular weight excluding hydrogens is 290 g/mol. The predicted molar refractivity (Wildman–Crippen MR) is 85.3 cm³/mol. The van der Waals surface area contributed by atoms with Gasteiger partial charge in [0.1, 0.15) is 11.5 Å². The summed E-state index contributed by atoms with van der Waals surface area (Å²) in [6.07, 6.45) is 7.09. The van der Waals surface area contributed by atoms with Gasteiger partial charge in [-0.05, 0) is 73.1 Å². The minimum atomic E-state index is -0.0322. The summed E-state index contributed by atoms with van der Waals surface area (Å²) in [5.74, 6) is 2.78. The van der Waals surface area contributed by atoms with Crippen molar-refractivity contribution in [3.63, 3.8) is 0 Å². The number of aryl methyl sites for hydroxylation is 1. The highest BCUT2D eigenvalue weighted by atomic mass is 16.3. The van der Waals surface area contributed by atoms with Gasteiger partial charge < -0.3 is 10.2 Å². The molecule has 0 unspecified atom stereocenters. The Balaban J connectivity index is 0.000000485. The Morgan fingerprint density at radius 1 is 1.26 bits per heavy atom. The van der Waals surface area contributed by atoms with E-state index < -0.39 is 0 Å². The van der Waals surface area contributed by atoms with Crippen LogP contribution in [0.1, 0.15) is 56.1 Å². The minimum Gasteiger partial charge on any atom is -0.508 e. The minimum absolute atomic E-state index is 0.0322. The second-order valence-corrected chi connectivity index (χ2v) is 7.32. The van der Waals surface area contributed by atoms with Crippen LogP contribution in [-0.2, 0) is 11.2 Å². The fourth-order valence-electron chi connectivity index (χ4n) is 5.34. The van der Waals surface area contributed by atoms with Crippen molar-refractivity contribution in [1.82, 2.24) is 0 Å². The number of carbonyl (C=O) groups is 1. The van der Waals surface area contributed by atoms with E-state index in [1.54, 1.807) is 0 Å². The van der Waals surface area contributed by atoms with E-state index in [1.165, 1.54) is 17.5 Å². The van der Waals surface area contributed by atoms with Gasteiger partial charge in [0.05, 0.1) is 0 Å². The van der Waals surface area contributed by atoms with Gasteiger partial charge in [-0.2, -0.15) is 5.26 Å². The fraction of sp³-hybridized carbons (Fsp3) is 0.579. The van der Waals surface area contributed by atoms with Crippen LogP contribution in [0.2, 0.25) is 0 Å². The number of nitrogens with zero attached hydrogens (tertiary/aromatic N) is 1. The molecule has 0 heterocycles. The van der Waals surface area contributed by atoms with Gasteiger partial charge in [0.2, 0.25) is 0 Å². The first-order valence-corrected chi connectivity index (χ1v) is 8.39. The monoisotopic (exact) mass is 313 g/mol. The van der Waals surface area contributed by atoms with Crippen molar-refractivity contribution in [2.24, 2.45) is 17.3 Å². The van der Waals surface area contributed by atoms with Crippen LogP contribution in [-0.4, -0.2) is 16.0 Å². The number of hydrogen-bond donors (Lipinski definition) is 2. The summed E-state index contributed by atoms with van der Waals surface area (Å²) in [5.41, 5.74) is 2.75. The summed E-state index contributed by atoms with van der Waals surface area (Å²) in [5, 5.41) is 23.4. The molecule has 4 atom stereocenters. The number of rotatable bonds is 0. The van der Waals surface area contributed by atoms with Crippen LogP contribution in [0.25, 0.3) is 0 Å². The molecular formula is C19H23NO3. The summed E-state index contributed by atoms with van der Waals surface area (Å²) in [7, 11) is 0. The van der Waals surface area contributed by atoms with Crippen molar-refractivity contribution in [2.45, 2.75) is 51.4 Å². The van der Waals surface area contributed by atoms with Gasteiger partial charge in [0.15, 0.2) is 0 Å². The van der Waals surface area contributed by atoms with Crippen LogP contribution in [0.4, 0.5) is 0 Å². The van der Waals surface area contributed by atoms with E-state index >= 15 is 0 Å². The Labute approximate surface area is 136 Å². The first-order chi connectivity index (χ1) is 11.0. The highest BCUT2D eigenvalue weighted by molar-refractivity contribution is 5.87. The molecule has 2 N–H and O–H groups in total. The Morgan fingerprint density at radius 3 is 2.74 bits per heavy atom. The summed E-state index contributed by atoms with van der Waals surface area (Å²) in [4.78, 5) is 12.3. The van der Waals surface area contributed by atoms with Crippen molar-refractivity contribution in [3.8, 4) is 12.0 Å². The molecule has 2 fully saturated rings. The third kappa shape index (κ3) is 2.49. The molecule has 0 saturated heterocycles. The number of ketones is 1. The Bertz CT molecular complexity index is 663. The molecule has 3 aliphatic rings. The second kappa shape index (κ2) is 5.88. The molecule has 0 aliphatic heterocycles. The molecule has 0 radical (unpaired) electrons. The fourth-order valence-corrected chi connectivity index (χ4v) is 5.34. The SMILES string of the molecule is C[C@]12CC[C@@H]3c4ccc(O)cc4CC[C@H]3[C@@H]1CCC2=O.N#CO. The highest BCUT2D eigenvalue weighted by Crippen LogP contribution is 2.59. The topological polar surface area (TPSA) is 81.3 Å². The van der Waals surface area contributed by atoms with Gasteiger partial charge in [-0.25, -0.2) is 0 Å². The molecule has 23 heavy (non-hydrogen) atoms. The molecule has 4 rings (SSSR count). The van der Waals surface area contributed by atoms with Crippen LogP contribution in [0.15, 0.2) is 18.2 Å². The lowest BCUT2D eigenvalue weighted by molar-refractivity contribution is -0.129. The molecule has 2 saturated carbocycles. The molecule has 122 valence electrons. The number of phenols is 1. The number of aliphatic hydroxyl groups excluding tert-OH is 1. The molecule has 4 nitrogen and oxygen atoms in total. The van der Waals surface area contributed by atoms with Crippen molar-refractivity contribution < 1.29 is 15.0 Å². The van der Waals surface area contributed by atoms with Gasteiger partial charge in [-0.3, -0.25) is 4.79 Å². The largest absolute Gasteiger partial charge is 0.508 e. The standard InChI is InChI=1S/C18H22O2.CHNO/c1-18-9-8-14-13-5-3-12(19)10-11(13)2-4-15(14)16(18)6-7-17(18)20;2-1-3/h3,5,10,14-16,19H,2,4,6-9H2,1H3;3H/t14-,15-,16+,18+;/m1./s1. The zero-order valence-corrected chi connectivity index (χ0v) is 13.5. The van der Waals surface area contributed by atoms with Crippen molar-refractivity contribution in [1.29, 1.82) is 5.26 Å². The zero-order chi connectivity index (χ0) is 16.6. The molecule has 0 amide bonds. The van der Waals surface area contributed by atoms with E-state index in [2.05, 4.69) is 13.0 Å². The Hall–Kier alpha value is -2.02. The lowest BCUT2D eigenvalue weighted by Crippen LogP contribution is -2.42. The molecule has 0 bridgehead atoms. The van der Waals surface area contributed by atoms with Crippen LogP contribution in [0, 0.1) is 28.8 Å². The van der Waals surface area contributed by atoms with Crippen LogP contribution < -0.4 is 0 Å². The maximum Gasteiger partial charge on any atom is 0.283 e. The van der Waals surface area contributed by atoms with Gasteiger partial charge in [-0.1, -0.05) is 13.0 Å². The summed E-state index contributed by atoms with van der Waals surface area (Å²) >= 11 is 0. The number of aliphatic hydroxyl groups is 1. The van der Waals surface area contributed by atoms with Crippen molar-refractivity contribution in [2.75, 3.05) is 0 Å². The predicted octanol–water partition coefficient (Wildman–Crippen LogP) is 3.66. The smallest absolute Gasteiger partial charge is 0.283 e. The number of nitriles is 1. The van der Waals surface area contributed by atoms with Gasteiger partial charge >= 0.3 is 0 Å². The molecule has 0 spiro atoms. The molecule has 0 aromatic heterocycles. The lowest BCUT2D eigenvalue weighted by atomic mass is 9.55. The average Bonchev–Trinajstić information content (AvgIpc) is 2.83. The maximum atomic E-state index is 12.3. The summed E-state index contributed by atoms with van der Waals surface area (Å²) in [6.45, 7) is 2.22. The van der Waals surface area contributed by atoms with Gasteiger partial charge in [-0.15, -0.1) is 0 Å². The van der Waals surface area contributed by atoms with Crippen LogP contribution >= 0.6 is 0 Å². The van der Waals surface area contributed by atoms with E-state index in [1.807, 2.05) is 12.1 Å². The van der Waals surface area contributed by atoms with Gasteiger partial charge in [0, 0.05) is 11.8 Å². The number of phenolic OH excluding ortho intramolecular Hbond substituents is 1.